The first-order valence-electron chi connectivity index (χ1n) is 4.82. The second kappa shape index (κ2) is 6.17. The number of carbonyl (C=O) groups is 2. The van der Waals surface area contributed by atoms with E-state index >= 15 is 0 Å². The van der Waals surface area contributed by atoms with E-state index in [-0.39, 0.29) is 11.7 Å². The fourth-order valence-corrected chi connectivity index (χ4v) is 1.18. The maximum absolute atomic E-state index is 11.2. The summed E-state index contributed by atoms with van der Waals surface area (Å²) in [5.41, 5.74) is 5.22. The molecule has 0 aromatic heterocycles. The fraction of sp³-hybridized carbons (Fsp3) is 0.600. The molecular weight excluding hydrogens is 180 g/mol. The number of rotatable bonds is 0. The zero-order valence-corrected chi connectivity index (χ0v) is 8.06. The summed E-state index contributed by atoms with van der Waals surface area (Å²) in [6.07, 6.45) is 3.33. The van der Waals surface area contributed by atoms with Crippen molar-refractivity contribution in [3.63, 3.8) is 0 Å². The van der Waals surface area contributed by atoms with Crippen LogP contribution in [-0.2, 0) is 9.59 Å². The lowest BCUT2D eigenvalue weighted by molar-refractivity contribution is -0.119. The minimum Gasteiger partial charge on any atom is -0.300 e. The summed E-state index contributed by atoms with van der Waals surface area (Å²) >= 11 is 0. The van der Waals surface area contributed by atoms with Gasteiger partial charge < -0.3 is 0 Å². The van der Waals surface area contributed by atoms with Crippen molar-refractivity contribution >= 4 is 11.7 Å². The van der Waals surface area contributed by atoms with Crippen LogP contribution in [0.5, 0.6) is 0 Å². The molecule has 0 radical (unpaired) electrons. The molecule has 1 aliphatic heterocycles. The first kappa shape index (κ1) is 10.7. The van der Waals surface area contributed by atoms with Crippen LogP contribution in [0.25, 0.3) is 0 Å². The van der Waals surface area contributed by atoms with E-state index in [1.807, 2.05) is 0 Å². The summed E-state index contributed by atoms with van der Waals surface area (Å²) in [6, 6.07) is 0. The summed E-state index contributed by atoms with van der Waals surface area (Å²) in [7, 11) is 0. The van der Waals surface area contributed by atoms with Crippen LogP contribution in [-0.4, -0.2) is 18.2 Å². The van der Waals surface area contributed by atoms with Gasteiger partial charge in [0.1, 0.15) is 5.78 Å². The average Bonchev–Trinajstić information content (AvgIpc) is 2.16. The van der Waals surface area contributed by atoms with Crippen LogP contribution in [0.3, 0.4) is 0 Å². The first-order valence-corrected chi connectivity index (χ1v) is 4.82. The van der Waals surface area contributed by atoms with Gasteiger partial charge in [0, 0.05) is 25.8 Å². The maximum atomic E-state index is 11.2. The first-order chi connectivity index (χ1) is 6.79. The Labute approximate surface area is 83.4 Å². The summed E-state index contributed by atoms with van der Waals surface area (Å²) in [6.45, 7) is 0.681. The van der Waals surface area contributed by atoms with Crippen molar-refractivity contribution in [2.24, 2.45) is 0 Å². The molecule has 0 saturated heterocycles. The standard InChI is InChI=1S/C10H14N2O2/c13-9-5-1-2-7-10(14)12-11-8-4-3-6-9/h11H,1,3-6,8H2,(H,12,14). The Kier molecular flexibility index (Phi) is 4.73. The van der Waals surface area contributed by atoms with Crippen LogP contribution >= 0.6 is 0 Å². The number of ketones is 1. The summed E-state index contributed by atoms with van der Waals surface area (Å²) in [5.74, 6) is 4.97. The van der Waals surface area contributed by atoms with Crippen molar-refractivity contribution in [2.45, 2.75) is 32.1 Å². The normalized spacial score (nSPS) is 19.7. The van der Waals surface area contributed by atoms with Crippen molar-refractivity contribution in [2.75, 3.05) is 6.54 Å². The van der Waals surface area contributed by atoms with Gasteiger partial charge in [-0.1, -0.05) is 5.92 Å². The zero-order chi connectivity index (χ0) is 10.2. The summed E-state index contributed by atoms with van der Waals surface area (Å²) in [4.78, 5) is 22.1. The Morgan fingerprint density at radius 2 is 2.00 bits per heavy atom. The molecule has 1 aliphatic rings. The molecule has 1 rings (SSSR count). The molecule has 1 amide bonds. The van der Waals surface area contributed by atoms with Gasteiger partial charge in [-0.05, 0) is 18.8 Å². The molecule has 0 bridgehead atoms. The molecule has 2 N–H and O–H groups in total. The number of amides is 1. The lowest BCUT2D eigenvalue weighted by Gasteiger charge is -2.04. The Morgan fingerprint density at radius 3 is 2.86 bits per heavy atom. The average molecular weight is 194 g/mol. The van der Waals surface area contributed by atoms with Gasteiger partial charge >= 0.3 is 5.91 Å². The molecule has 4 nitrogen and oxygen atoms in total. The number of nitrogens with one attached hydrogen (secondary N) is 2. The fourth-order valence-electron chi connectivity index (χ4n) is 1.18. The predicted octanol–water partition coefficient (Wildman–Crippen LogP) is 0.144. The molecule has 0 atom stereocenters. The van der Waals surface area contributed by atoms with E-state index in [9.17, 15) is 9.59 Å². The molecule has 0 unspecified atom stereocenters. The van der Waals surface area contributed by atoms with Crippen LogP contribution in [0.1, 0.15) is 32.1 Å². The van der Waals surface area contributed by atoms with E-state index < -0.39 is 0 Å². The Morgan fingerprint density at radius 1 is 1.14 bits per heavy atom. The summed E-state index contributed by atoms with van der Waals surface area (Å²) in [5, 5.41) is 0. The zero-order valence-electron chi connectivity index (χ0n) is 8.06. The number of carbonyl (C=O) groups excluding carboxylic acids is 2. The SMILES string of the molecule is O=C1CCC#CC(=O)NNCCCC1. The third kappa shape index (κ3) is 4.63. The predicted molar refractivity (Wildman–Crippen MR) is 52.0 cm³/mol. The number of hydrogen-bond acceptors (Lipinski definition) is 3. The van der Waals surface area contributed by atoms with Crippen LogP contribution in [0.2, 0.25) is 0 Å². The van der Waals surface area contributed by atoms with E-state index in [1.54, 1.807) is 0 Å². The second-order valence-corrected chi connectivity index (χ2v) is 3.18. The lowest BCUT2D eigenvalue weighted by atomic mass is 10.1. The topological polar surface area (TPSA) is 58.2 Å². The van der Waals surface area contributed by atoms with E-state index in [0.29, 0.717) is 25.8 Å². The molecule has 0 aliphatic carbocycles. The monoisotopic (exact) mass is 194 g/mol. The lowest BCUT2D eigenvalue weighted by Crippen LogP contribution is -2.37. The van der Waals surface area contributed by atoms with Gasteiger partial charge in [-0.3, -0.25) is 15.0 Å². The maximum Gasteiger partial charge on any atom is 0.309 e. The third-order valence-corrected chi connectivity index (χ3v) is 1.94. The van der Waals surface area contributed by atoms with Crippen molar-refractivity contribution in [3.8, 4) is 11.8 Å². The molecule has 0 aromatic carbocycles. The molecule has 14 heavy (non-hydrogen) atoms. The van der Waals surface area contributed by atoms with Gasteiger partial charge in [-0.2, -0.15) is 0 Å². The minimum atomic E-state index is -0.335. The molecule has 76 valence electrons. The Hall–Kier alpha value is -1.34. The Balaban J connectivity index is 2.43. The van der Waals surface area contributed by atoms with Crippen molar-refractivity contribution < 1.29 is 9.59 Å². The molecule has 0 fully saturated rings. The van der Waals surface area contributed by atoms with Gasteiger partial charge in [0.15, 0.2) is 0 Å². The van der Waals surface area contributed by atoms with Gasteiger partial charge in [0.2, 0.25) is 0 Å². The van der Waals surface area contributed by atoms with Crippen molar-refractivity contribution in [1.82, 2.24) is 10.9 Å². The second-order valence-electron chi connectivity index (χ2n) is 3.18. The molecule has 0 aromatic rings. The van der Waals surface area contributed by atoms with Gasteiger partial charge in [0.25, 0.3) is 0 Å². The third-order valence-electron chi connectivity index (χ3n) is 1.94. The largest absolute Gasteiger partial charge is 0.309 e. The van der Waals surface area contributed by atoms with Crippen LogP contribution in [0, 0.1) is 11.8 Å². The van der Waals surface area contributed by atoms with Crippen LogP contribution < -0.4 is 10.9 Å². The number of Topliss-reactive ketones (excluding diaryl/α,β-unsaturated/α-hetero) is 1. The van der Waals surface area contributed by atoms with Gasteiger partial charge in [-0.25, -0.2) is 5.43 Å². The van der Waals surface area contributed by atoms with E-state index in [1.165, 1.54) is 0 Å². The van der Waals surface area contributed by atoms with Gasteiger partial charge in [-0.15, -0.1) is 0 Å². The highest BCUT2D eigenvalue weighted by atomic mass is 16.2. The highest BCUT2D eigenvalue weighted by molar-refractivity contribution is 5.93. The van der Waals surface area contributed by atoms with E-state index in [2.05, 4.69) is 22.7 Å². The Bertz CT molecular complexity index is 276. The van der Waals surface area contributed by atoms with Gasteiger partial charge in [0.05, 0.1) is 0 Å². The highest BCUT2D eigenvalue weighted by Crippen LogP contribution is 2.00. The van der Waals surface area contributed by atoms with Crippen LogP contribution in [0.15, 0.2) is 0 Å². The highest BCUT2D eigenvalue weighted by Gasteiger charge is 2.01. The number of hydrogen-bond donors (Lipinski definition) is 2. The molecule has 0 saturated carbocycles. The van der Waals surface area contributed by atoms with E-state index in [4.69, 9.17) is 0 Å². The van der Waals surface area contributed by atoms with Crippen LogP contribution in [0.4, 0.5) is 0 Å². The smallest absolute Gasteiger partial charge is 0.300 e. The quantitative estimate of drug-likeness (QED) is 0.539. The number of hydrazine groups is 1. The van der Waals surface area contributed by atoms with E-state index in [0.717, 1.165) is 12.8 Å². The van der Waals surface area contributed by atoms with Crippen molar-refractivity contribution in [3.05, 3.63) is 0 Å². The molecular formula is C10H14N2O2. The molecule has 4 heteroatoms. The summed E-state index contributed by atoms with van der Waals surface area (Å²) < 4.78 is 0. The molecule has 0 spiro atoms. The minimum absolute atomic E-state index is 0.236. The van der Waals surface area contributed by atoms with Crippen molar-refractivity contribution in [1.29, 1.82) is 0 Å². The molecule has 1 heterocycles.